The highest BCUT2D eigenvalue weighted by Crippen LogP contribution is 2.36. The summed E-state index contributed by atoms with van der Waals surface area (Å²) in [5.74, 6) is 0.301. The largest absolute Gasteiger partial charge is 0.369 e. The molecule has 1 aliphatic carbocycles. The molecule has 0 bridgehead atoms. The number of hydrogen-bond acceptors (Lipinski definition) is 2. The second kappa shape index (κ2) is 5.17. The molecule has 2 aromatic carbocycles. The molecule has 0 radical (unpaired) electrons. The van der Waals surface area contributed by atoms with Crippen LogP contribution in [0, 0.1) is 0 Å². The van der Waals surface area contributed by atoms with Gasteiger partial charge in [0, 0.05) is 7.05 Å². The predicted octanol–water partition coefficient (Wildman–Crippen LogP) is 2.13. The lowest BCUT2D eigenvalue weighted by Crippen LogP contribution is -2.26. The Bertz CT molecular complexity index is 701. The van der Waals surface area contributed by atoms with Crippen molar-refractivity contribution < 1.29 is 0 Å². The van der Waals surface area contributed by atoms with Gasteiger partial charge in [0.05, 0.1) is 6.21 Å². The summed E-state index contributed by atoms with van der Waals surface area (Å²) in [6, 6.07) is 14.9. The standard InChI is InChI=1S/C16H16N4/c1-18-16(17)20-19-10-11-6-7-15-13(8-11)9-12-4-2-3-5-14(12)15/h2-8,10H,9H2,1H3,(H3,17,18,20)/b19-10+. The molecule has 0 aromatic heterocycles. The van der Waals surface area contributed by atoms with Gasteiger partial charge in [-0.2, -0.15) is 5.10 Å². The van der Waals surface area contributed by atoms with Crippen LogP contribution in [0.1, 0.15) is 16.7 Å². The molecule has 0 aliphatic heterocycles. The number of nitrogens with zero attached hydrogens (tertiary/aromatic N) is 2. The third kappa shape index (κ3) is 2.28. The molecular weight excluding hydrogens is 248 g/mol. The summed E-state index contributed by atoms with van der Waals surface area (Å²) < 4.78 is 0. The third-order valence-corrected chi connectivity index (χ3v) is 3.45. The van der Waals surface area contributed by atoms with E-state index >= 15 is 0 Å². The minimum Gasteiger partial charge on any atom is -0.369 e. The van der Waals surface area contributed by atoms with E-state index in [0.717, 1.165) is 12.0 Å². The molecule has 0 saturated carbocycles. The van der Waals surface area contributed by atoms with Crippen molar-refractivity contribution in [2.75, 3.05) is 7.05 Å². The van der Waals surface area contributed by atoms with Gasteiger partial charge >= 0.3 is 0 Å². The summed E-state index contributed by atoms with van der Waals surface area (Å²) in [6.45, 7) is 0. The van der Waals surface area contributed by atoms with Crippen LogP contribution in [0.3, 0.4) is 0 Å². The fraction of sp³-hybridized carbons (Fsp3) is 0.125. The second-order valence-corrected chi connectivity index (χ2v) is 4.73. The fourth-order valence-electron chi connectivity index (χ4n) is 2.47. The molecular formula is C16H16N4. The number of aliphatic imine (C=N–C) groups is 1. The molecule has 20 heavy (non-hydrogen) atoms. The molecule has 100 valence electrons. The Kier molecular flexibility index (Phi) is 3.21. The molecule has 0 amide bonds. The zero-order valence-corrected chi connectivity index (χ0v) is 11.3. The van der Waals surface area contributed by atoms with Crippen LogP contribution in [0.2, 0.25) is 0 Å². The average Bonchev–Trinajstić information content (AvgIpc) is 2.84. The maximum absolute atomic E-state index is 5.51. The van der Waals surface area contributed by atoms with E-state index < -0.39 is 0 Å². The van der Waals surface area contributed by atoms with Gasteiger partial charge in [0.25, 0.3) is 0 Å². The van der Waals surface area contributed by atoms with Crippen LogP contribution in [0.25, 0.3) is 11.1 Å². The second-order valence-electron chi connectivity index (χ2n) is 4.73. The fourth-order valence-corrected chi connectivity index (χ4v) is 2.47. The zero-order chi connectivity index (χ0) is 13.9. The average molecular weight is 264 g/mol. The van der Waals surface area contributed by atoms with Crippen LogP contribution < -0.4 is 11.2 Å². The molecule has 1 aliphatic rings. The van der Waals surface area contributed by atoms with E-state index in [4.69, 9.17) is 5.73 Å². The minimum absolute atomic E-state index is 0.301. The Balaban J connectivity index is 1.84. The number of hydrogen-bond donors (Lipinski definition) is 2. The Labute approximate surface area is 118 Å². The summed E-state index contributed by atoms with van der Waals surface area (Å²) in [4.78, 5) is 3.77. The topological polar surface area (TPSA) is 62.8 Å². The summed E-state index contributed by atoms with van der Waals surface area (Å²) >= 11 is 0. The monoisotopic (exact) mass is 264 g/mol. The Morgan fingerprint density at radius 3 is 2.80 bits per heavy atom. The number of rotatable bonds is 2. The van der Waals surface area contributed by atoms with E-state index in [-0.39, 0.29) is 0 Å². The van der Waals surface area contributed by atoms with Crippen molar-refractivity contribution in [3.8, 4) is 11.1 Å². The predicted molar refractivity (Wildman–Crippen MR) is 83.0 cm³/mol. The first kappa shape index (κ1) is 12.4. The highest BCUT2D eigenvalue weighted by atomic mass is 15.3. The van der Waals surface area contributed by atoms with Gasteiger partial charge in [0.15, 0.2) is 0 Å². The molecule has 0 fully saturated rings. The maximum Gasteiger partial charge on any atom is 0.209 e. The zero-order valence-electron chi connectivity index (χ0n) is 11.3. The van der Waals surface area contributed by atoms with Crippen molar-refractivity contribution in [1.29, 1.82) is 0 Å². The molecule has 4 heteroatoms. The molecule has 3 rings (SSSR count). The minimum atomic E-state index is 0.301. The van der Waals surface area contributed by atoms with E-state index in [2.05, 4.69) is 58.0 Å². The van der Waals surface area contributed by atoms with Crippen molar-refractivity contribution in [2.45, 2.75) is 6.42 Å². The first-order valence-electron chi connectivity index (χ1n) is 6.50. The highest BCUT2D eigenvalue weighted by molar-refractivity contribution is 5.86. The van der Waals surface area contributed by atoms with Gasteiger partial charge in [-0.15, -0.1) is 0 Å². The van der Waals surface area contributed by atoms with Crippen LogP contribution in [0.15, 0.2) is 52.6 Å². The van der Waals surface area contributed by atoms with Gasteiger partial charge in [-0.3, -0.25) is 4.99 Å². The quantitative estimate of drug-likeness (QED) is 0.423. The van der Waals surface area contributed by atoms with Crippen molar-refractivity contribution >= 4 is 12.2 Å². The number of hydrazone groups is 1. The number of fused-ring (bicyclic) bond motifs is 3. The molecule has 2 aromatic rings. The van der Waals surface area contributed by atoms with Crippen LogP contribution in [0.5, 0.6) is 0 Å². The lowest BCUT2D eigenvalue weighted by atomic mass is 10.0. The molecule has 0 heterocycles. The first-order chi connectivity index (χ1) is 9.78. The lowest BCUT2D eigenvalue weighted by Gasteiger charge is -2.02. The van der Waals surface area contributed by atoms with Crippen LogP contribution >= 0.6 is 0 Å². The van der Waals surface area contributed by atoms with Gasteiger partial charge < -0.3 is 5.73 Å². The van der Waals surface area contributed by atoms with Gasteiger partial charge in [-0.05, 0) is 40.3 Å². The Morgan fingerprint density at radius 2 is 1.95 bits per heavy atom. The highest BCUT2D eigenvalue weighted by Gasteiger charge is 2.17. The van der Waals surface area contributed by atoms with Crippen molar-refractivity contribution in [3.05, 3.63) is 59.2 Å². The van der Waals surface area contributed by atoms with Gasteiger partial charge in [-0.25, -0.2) is 5.43 Å². The van der Waals surface area contributed by atoms with Crippen LogP contribution in [-0.4, -0.2) is 19.2 Å². The van der Waals surface area contributed by atoms with E-state index in [1.807, 2.05) is 0 Å². The lowest BCUT2D eigenvalue weighted by molar-refractivity contribution is 1.01. The van der Waals surface area contributed by atoms with E-state index in [9.17, 15) is 0 Å². The maximum atomic E-state index is 5.51. The molecule has 0 atom stereocenters. The normalized spacial score (nSPS) is 13.3. The molecule has 3 N–H and O–H groups in total. The van der Waals surface area contributed by atoms with Crippen molar-refractivity contribution in [1.82, 2.24) is 5.43 Å². The van der Waals surface area contributed by atoms with E-state index in [0.29, 0.717) is 5.96 Å². The number of guanidine groups is 1. The Morgan fingerprint density at radius 1 is 1.15 bits per heavy atom. The number of benzene rings is 2. The molecule has 0 unspecified atom stereocenters. The Hall–Kier alpha value is -2.62. The smallest absolute Gasteiger partial charge is 0.209 e. The molecule has 0 saturated heterocycles. The van der Waals surface area contributed by atoms with Gasteiger partial charge in [0.2, 0.25) is 5.96 Å². The van der Waals surface area contributed by atoms with Crippen molar-refractivity contribution in [3.63, 3.8) is 0 Å². The van der Waals surface area contributed by atoms with Crippen LogP contribution in [-0.2, 0) is 6.42 Å². The summed E-state index contributed by atoms with van der Waals surface area (Å²) in [6.07, 6.45) is 2.74. The number of nitrogens with one attached hydrogen (secondary N) is 1. The number of nitrogens with two attached hydrogens (primary N) is 1. The van der Waals surface area contributed by atoms with E-state index in [1.165, 1.54) is 22.3 Å². The summed E-state index contributed by atoms with van der Waals surface area (Å²) in [5.41, 5.74) is 14.6. The summed E-state index contributed by atoms with van der Waals surface area (Å²) in [7, 11) is 1.62. The van der Waals surface area contributed by atoms with Gasteiger partial charge in [-0.1, -0.05) is 36.4 Å². The summed E-state index contributed by atoms with van der Waals surface area (Å²) in [5, 5.41) is 4.06. The first-order valence-corrected chi connectivity index (χ1v) is 6.50. The van der Waals surface area contributed by atoms with E-state index in [1.54, 1.807) is 13.3 Å². The van der Waals surface area contributed by atoms with Gasteiger partial charge in [0.1, 0.15) is 0 Å². The third-order valence-electron chi connectivity index (χ3n) is 3.45. The van der Waals surface area contributed by atoms with Crippen LogP contribution in [0.4, 0.5) is 0 Å². The SMILES string of the molecule is CN=C(N)N/N=C/c1ccc2c(c1)Cc1ccccc1-2. The molecule has 4 nitrogen and oxygen atoms in total. The van der Waals surface area contributed by atoms with Crippen molar-refractivity contribution in [2.24, 2.45) is 15.8 Å². The molecule has 0 spiro atoms.